The second kappa shape index (κ2) is 13.4. The summed E-state index contributed by atoms with van der Waals surface area (Å²) in [5, 5.41) is 9.47. The smallest absolute Gasteiger partial charge is 0.222 e. The van der Waals surface area contributed by atoms with E-state index in [1.165, 1.54) is 5.56 Å². The highest BCUT2D eigenvalue weighted by molar-refractivity contribution is 5.81. The first-order valence-corrected chi connectivity index (χ1v) is 10.6. The molecular formula is C24H35N5O. The molecule has 0 aliphatic carbocycles. The van der Waals surface area contributed by atoms with Gasteiger partial charge in [-0.15, -0.1) is 0 Å². The van der Waals surface area contributed by atoms with Crippen molar-refractivity contribution >= 4 is 11.9 Å². The summed E-state index contributed by atoms with van der Waals surface area (Å²) in [6, 6.07) is 20.9. The number of hydrogen-bond acceptors (Lipinski definition) is 3. The van der Waals surface area contributed by atoms with E-state index in [2.05, 4.69) is 64.1 Å². The molecule has 0 saturated carbocycles. The molecule has 1 unspecified atom stereocenters. The third-order valence-corrected chi connectivity index (χ3v) is 5.08. The van der Waals surface area contributed by atoms with Gasteiger partial charge in [-0.2, -0.15) is 0 Å². The van der Waals surface area contributed by atoms with Gasteiger partial charge in [-0.05, 0) is 31.5 Å². The number of nitrogens with zero attached hydrogens (tertiary/aromatic N) is 2. The van der Waals surface area contributed by atoms with Crippen LogP contribution in [0.2, 0.25) is 0 Å². The summed E-state index contributed by atoms with van der Waals surface area (Å²) in [6.07, 6.45) is 1.41. The van der Waals surface area contributed by atoms with Crippen LogP contribution in [-0.2, 0) is 17.9 Å². The zero-order valence-corrected chi connectivity index (χ0v) is 18.4. The first-order chi connectivity index (χ1) is 14.6. The SMILES string of the molecule is CN=C(NCCC(=O)NCc1ccccc1)NCCC(C)N(C)Cc1ccccc1. The molecule has 6 nitrogen and oxygen atoms in total. The molecule has 2 rings (SSSR count). The number of guanidine groups is 1. The fourth-order valence-electron chi connectivity index (χ4n) is 3.05. The van der Waals surface area contributed by atoms with Gasteiger partial charge in [0.2, 0.25) is 5.91 Å². The number of benzene rings is 2. The maximum absolute atomic E-state index is 12.0. The minimum absolute atomic E-state index is 0.0259. The topological polar surface area (TPSA) is 68.8 Å². The van der Waals surface area contributed by atoms with Gasteiger partial charge in [-0.3, -0.25) is 14.7 Å². The number of rotatable bonds is 11. The molecule has 0 aliphatic heterocycles. The van der Waals surface area contributed by atoms with E-state index in [9.17, 15) is 4.79 Å². The highest BCUT2D eigenvalue weighted by Gasteiger charge is 2.10. The lowest BCUT2D eigenvalue weighted by Crippen LogP contribution is -2.41. The average Bonchev–Trinajstić information content (AvgIpc) is 2.77. The van der Waals surface area contributed by atoms with E-state index < -0.39 is 0 Å². The maximum atomic E-state index is 12.0. The Kier molecular flexibility index (Phi) is 10.4. The van der Waals surface area contributed by atoms with Crippen molar-refractivity contribution in [3.8, 4) is 0 Å². The number of nitrogens with one attached hydrogen (secondary N) is 3. The molecule has 0 saturated heterocycles. The van der Waals surface area contributed by atoms with Crippen LogP contribution in [0.15, 0.2) is 65.7 Å². The summed E-state index contributed by atoms with van der Waals surface area (Å²) in [6.45, 7) is 5.09. The van der Waals surface area contributed by atoms with Crippen LogP contribution in [0.5, 0.6) is 0 Å². The molecule has 2 aromatic carbocycles. The number of carbonyl (C=O) groups is 1. The van der Waals surface area contributed by atoms with Crippen LogP contribution in [0.1, 0.15) is 30.9 Å². The number of carbonyl (C=O) groups excluding carboxylic acids is 1. The van der Waals surface area contributed by atoms with Crippen LogP contribution in [0.3, 0.4) is 0 Å². The summed E-state index contributed by atoms with van der Waals surface area (Å²) in [5.74, 6) is 0.752. The normalized spacial score (nSPS) is 12.5. The molecule has 0 fully saturated rings. The molecule has 0 heterocycles. The lowest BCUT2D eigenvalue weighted by molar-refractivity contribution is -0.121. The largest absolute Gasteiger partial charge is 0.356 e. The first kappa shape index (κ1) is 23.4. The highest BCUT2D eigenvalue weighted by Crippen LogP contribution is 2.07. The van der Waals surface area contributed by atoms with Crippen molar-refractivity contribution < 1.29 is 4.79 Å². The van der Waals surface area contributed by atoms with Crippen molar-refractivity contribution in [1.82, 2.24) is 20.9 Å². The van der Waals surface area contributed by atoms with Crippen LogP contribution in [0, 0.1) is 0 Å². The van der Waals surface area contributed by atoms with Crippen molar-refractivity contribution in [2.45, 2.75) is 38.9 Å². The molecule has 0 spiro atoms. The molecule has 0 aliphatic rings. The molecule has 162 valence electrons. The van der Waals surface area contributed by atoms with Gasteiger partial charge in [-0.25, -0.2) is 0 Å². The van der Waals surface area contributed by atoms with Crippen LogP contribution in [-0.4, -0.2) is 50.0 Å². The Morgan fingerprint density at radius 3 is 2.17 bits per heavy atom. The third kappa shape index (κ3) is 9.09. The molecule has 1 atom stereocenters. The van der Waals surface area contributed by atoms with Gasteiger partial charge in [-0.1, -0.05) is 60.7 Å². The predicted octanol–water partition coefficient (Wildman–Crippen LogP) is 2.77. The van der Waals surface area contributed by atoms with Crippen LogP contribution in [0.25, 0.3) is 0 Å². The minimum atomic E-state index is 0.0259. The molecule has 2 aromatic rings. The van der Waals surface area contributed by atoms with Crippen molar-refractivity contribution in [1.29, 1.82) is 0 Å². The van der Waals surface area contributed by atoms with E-state index in [-0.39, 0.29) is 5.91 Å². The fourth-order valence-corrected chi connectivity index (χ4v) is 3.05. The van der Waals surface area contributed by atoms with Crippen molar-refractivity contribution in [3.05, 3.63) is 71.8 Å². The lowest BCUT2D eigenvalue weighted by Gasteiger charge is -2.25. The standard InChI is InChI=1S/C24H35N5O/c1-20(29(3)19-22-12-8-5-9-13-22)14-16-26-24(25-2)27-17-15-23(30)28-18-21-10-6-4-7-11-21/h4-13,20H,14-19H2,1-3H3,(H,28,30)(H2,25,26,27). The molecule has 0 radical (unpaired) electrons. The Labute approximate surface area is 180 Å². The van der Waals surface area contributed by atoms with E-state index in [4.69, 9.17) is 0 Å². The van der Waals surface area contributed by atoms with E-state index in [1.54, 1.807) is 7.05 Å². The highest BCUT2D eigenvalue weighted by atomic mass is 16.1. The quantitative estimate of drug-likeness (QED) is 0.394. The molecule has 1 amide bonds. The fraction of sp³-hybridized carbons (Fsp3) is 0.417. The minimum Gasteiger partial charge on any atom is -0.356 e. The first-order valence-electron chi connectivity index (χ1n) is 10.6. The number of hydrogen-bond donors (Lipinski definition) is 3. The van der Waals surface area contributed by atoms with Gasteiger partial charge in [0.05, 0.1) is 0 Å². The van der Waals surface area contributed by atoms with Gasteiger partial charge in [0.1, 0.15) is 0 Å². The molecular weight excluding hydrogens is 374 g/mol. The van der Waals surface area contributed by atoms with Gasteiger partial charge >= 0.3 is 0 Å². The lowest BCUT2D eigenvalue weighted by atomic mass is 10.1. The molecule has 0 bridgehead atoms. The van der Waals surface area contributed by atoms with Crippen LogP contribution >= 0.6 is 0 Å². The van der Waals surface area contributed by atoms with E-state index >= 15 is 0 Å². The van der Waals surface area contributed by atoms with Crippen molar-refractivity contribution in [2.24, 2.45) is 4.99 Å². The third-order valence-electron chi connectivity index (χ3n) is 5.08. The van der Waals surface area contributed by atoms with Crippen molar-refractivity contribution in [2.75, 3.05) is 27.2 Å². The second-order valence-electron chi connectivity index (χ2n) is 7.48. The molecule has 30 heavy (non-hydrogen) atoms. The number of amides is 1. The monoisotopic (exact) mass is 409 g/mol. The van der Waals surface area contributed by atoms with E-state index in [0.717, 1.165) is 31.0 Å². The summed E-state index contributed by atoms with van der Waals surface area (Å²) in [5.41, 5.74) is 2.42. The zero-order valence-electron chi connectivity index (χ0n) is 18.4. The van der Waals surface area contributed by atoms with Crippen LogP contribution < -0.4 is 16.0 Å². The van der Waals surface area contributed by atoms with Crippen molar-refractivity contribution in [3.63, 3.8) is 0 Å². The zero-order chi connectivity index (χ0) is 21.6. The number of aliphatic imine (C=N–C) groups is 1. The predicted molar refractivity (Wildman–Crippen MR) is 124 cm³/mol. The summed E-state index contributed by atoms with van der Waals surface area (Å²) >= 11 is 0. The Bertz CT molecular complexity index is 764. The van der Waals surface area contributed by atoms with Gasteiger partial charge in [0.15, 0.2) is 5.96 Å². The molecule has 0 aromatic heterocycles. The van der Waals surface area contributed by atoms with Gasteiger partial charge < -0.3 is 16.0 Å². The summed E-state index contributed by atoms with van der Waals surface area (Å²) < 4.78 is 0. The Hall–Kier alpha value is -2.86. The second-order valence-corrected chi connectivity index (χ2v) is 7.48. The summed E-state index contributed by atoms with van der Waals surface area (Å²) in [4.78, 5) is 18.6. The van der Waals surface area contributed by atoms with Crippen LogP contribution in [0.4, 0.5) is 0 Å². The Morgan fingerprint density at radius 2 is 1.53 bits per heavy atom. The maximum Gasteiger partial charge on any atom is 0.222 e. The summed E-state index contributed by atoms with van der Waals surface area (Å²) in [7, 11) is 3.90. The Balaban J connectivity index is 1.59. The van der Waals surface area contributed by atoms with Gasteiger partial charge in [0, 0.05) is 45.7 Å². The molecule has 6 heteroatoms. The Morgan fingerprint density at radius 1 is 0.933 bits per heavy atom. The average molecular weight is 410 g/mol. The van der Waals surface area contributed by atoms with E-state index in [1.807, 2.05) is 36.4 Å². The van der Waals surface area contributed by atoms with E-state index in [0.29, 0.717) is 25.6 Å². The molecule has 3 N–H and O–H groups in total. The van der Waals surface area contributed by atoms with Gasteiger partial charge in [0.25, 0.3) is 0 Å².